The number of allylic oxidation sites excluding steroid dienone is 1. The van der Waals surface area contributed by atoms with Crippen LogP contribution in [-0.2, 0) is 13.2 Å². The summed E-state index contributed by atoms with van der Waals surface area (Å²) in [6, 6.07) is 10.0. The maximum Gasteiger partial charge on any atom is 0.192 e. The molecule has 0 aliphatic carbocycles. The number of benzene rings is 1. The highest BCUT2D eigenvalue weighted by Gasteiger charge is 2.15. The molecule has 0 aliphatic rings. The molecule has 0 fully saturated rings. The molecule has 6 heteroatoms. The van der Waals surface area contributed by atoms with Gasteiger partial charge in [0.05, 0.1) is 11.3 Å². The van der Waals surface area contributed by atoms with Crippen LogP contribution in [0.15, 0.2) is 42.1 Å². The van der Waals surface area contributed by atoms with E-state index in [1.165, 1.54) is 11.8 Å². The maximum absolute atomic E-state index is 8.93. The molecule has 0 aliphatic heterocycles. The monoisotopic (exact) mass is 314 g/mol. The zero-order valence-corrected chi connectivity index (χ0v) is 13.5. The number of aryl methyl sites for hydroxylation is 1. The summed E-state index contributed by atoms with van der Waals surface area (Å²) in [4.78, 5) is 0. The highest BCUT2D eigenvalue weighted by Crippen LogP contribution is 2.22. The Hall–Kier alpha value is -2.26. The van der Waals surface area contributed by atoms with E-state index in [1.54, 1.807) is 6.08 Å². The lowest BCUT2D eigenvalue weighted by molar-refractivity contribution is 0.289. The number of nitrogens with zero attached hydrogens (tertiary/aromatic N) is 4. The first-order valence-electron chi connectivity index (χ1n) is 6.92. The van der Waals surface area contributed by atoms with Crippen molar-refractivity contribution in [1.29, 1.82) is 5.26 Å². The maximum atomic E-state index is 8.93. The number of hydrogen-bond acceptors (Lipinski definition) is 5. The van der Waals surface area contributed by atoms with Crippen molar-refractivity contribution < 1.29 is 4.74 Å². The molecule has 114 valence electrons. The van der Waals surface area contributed by atoms with Crippen LogP contribution in [0.2, 0.25) is 0 Å². The van der Waals surface area contributed by atoms with Gasteiger partial charge in [-0.2, -0.15) is 5.26 Å². The molecular weight excluding hydrogens is 296 g/mol. The Bertz CT molecular complexity index is 690. The van der Waals surface area contributed by atoms with Crippen LogP contribution < -0.4 is 4.74 Å². The van der Waals surface area contributed by atoms with Gasteiger partial charge in [0, 0.05) is 6.54 Å². The number of nitriles is 1. The van der Waals surface area contributed by atoms with E-state index in [0.717, 1.165) is 11.3 Å². The van der Waals surface area contributed by atoms with Gasteiger partial charge in [-0.3, -0.25) is 4.57 Å². The second-order valence-corrected chi connectivity index (χ2v) is 6.10. The molecule has 1 atom stereocenters. The van der Waals surface area contributed by atoms with E-state index in [4.69, 9.17) is 10.00 Å². The second kappa shape index (κ2) is 7.66. The largest absolute Gasteiger partial charge is 0.486 e. The van der Waals surface area contributed by atoms with E-state index < -0.39 is 0 Å². The molecule has 0 spiro atoms. The lowest BCUT2D eigenvalue weighted by atomic mass is 10.2. The number of thioether (sulfide) groups is 1. The SMILES string of the molecule is C=CCn1c(COc2cccc(C)c2)nnc1S[C@H](C)C#N. The van der Waals surface area contributed by atoms with Gasteiger partial charge in [0.2, 0.25) is 0 Å². The fourth-order valence-corrected chi connectivity index (χ4v) is 2.63. The standard InChI is InChI=1S/C16H18N4OS/c1-4-8-20-15(18-19-16(20)22-13(3)10-17)11-21-14-7-5-6-12(2)9-14/h4-7,9,13H,1,8,11H2,2-3H3/t13-/m1/s1. The Morgan fingerprint density at radius 3 is 3.00 bits per heavy atom. The molecule has 0 bridgehead atoms. The lowest BCUT2D eigenvalue weighted by Crippen LogP contribution is -2.08. The first kappa shape index (κ1) is 16.1. The van der Waals surface area contributed by atoms with Crippen LogP contribution in [0.25, 0.3) is 0 Å². The number of rotatable bonds is 7. The second-order valence-electron chi connectivity index (χ2n) is 4.79. The molecule has 0 saturated heterocycles. The van der Waals surface area contributed by atoms with E-state index in [-0.39, 0.29) is 5.25 Å². The Labute approximate surface area is 134 Å². The highest BCUT2D eigenvalue weighted by atomic mass is 32.2. The van der Waals surface area contributed by atoms with Crippen molar-refractivity contribution in [1.82, 2.24) is 14.8 Å². The predicted molar refractivity (Wildman–Crippen MR) is 86.7 cm³/mol. The number of hydrogen-bond donors (Lipinski definition) is 0. The first-order valence-corrected chi connectivity index (χ1v) is 7.80. The average Bonchev–Trinajstić information content (AvgIpc) is 2.88. The van der Waals surface area contributed by atoms with Crippen LogP contribution in [0.4, 0.5) is 0 Å². The third kappa shape index (κ3) is 4.12. The zero-order chi connectivity index (χ0) is 15.9. The van der Waals surface area contributed by atoms with Gasteiger partial charge < -0.3 is 4.74 Å². The summed E-state index contributed by atoms with van der Waals surface area (Å²) < 4.78 is 7.69. The molecule has 2 aromatic rings. The van der Waals surface area contributed by atoms with Crippen LogP contribution in [0.5, 0.6) is 5.75 Å². The van der Waals surface area contributed by atoms with Gasteiger partial charge in [0.25, 0.3) is 0 Å². The van der Waals surface area contributed by atoms with Gasteiger partial charge >= 0.3 is 0 Å². The molecule has 0 radical (unpaired) electrons. The fourth-order valence-electron chi connectivity index (χ4n) is 1.86. The summed E-state index contributed by atoms with van der Waals surface area (Å²) in [5, 5.41) is 17.8. The van der Waals surface area contributed by atoms with Gasteiger partial charge in [0.1, 0.15) is 12.4 Å². The van der Waals surface area contributed by atoms with Gasteiger partial charge in [-0.1, -0.05) is 30.0 Å². The molecule has 1 heterocycles. The Kier molecular flexibility index (Phi) is 5.61. The quantitative estimate of drug-likeness (QED) is 0.579. The molecule has 0 saturated carbocycles. The van der Waals surface area contributed by atoms with Crippen molar-refractivity contribution in [3.8, 4) is 11.8 Å². The van der Waals surface area contributed by atoms with Crippen molar-refractivity contribution in [3.05, 3.63) is 48.3 Å². The van der Waals surface area contributed by atoms with Crippen LogP contribution in [-0.4, -0.2) is 20.0 Å². The molecule has 5 nitrogen and oxygen atoms in total. The minimum atomic E-state index is -0.182. The van der Waals surface area contributed by atoms with Crippen LogP contribution in [0.3, 0.4) is 0 Å². The summed E-state index contributed by atoms with van der Waals surface area (Å²) in [6.07, 6.45) is 1.78. The molecule has 0 amide bonds. The highest BCUT2D eigenvalue weighted by molar-refractivity contribution is 8.00. The van der Waals surface area contributed by atoms with Gasteiger partial charge in [-0.15, -0.1) is 16.8 Å². The fraction of sp³-hybridized carbons (Fsp3) is 0.312. The molecular formula is C16H18N4OS. The summed E-state index contributed by atoms with van der Waals surface area (Å²) >= 11 is 1.38. The predicted octanol–water partition coefficient (Wildman–Crippen LogP) is 3.36. The summed E-state index contributed by atoms with van der Waals surface area (Å²) in [7, 11) is 0. The van der Waals surface area contributed by atoms with E-state index in [9.17, 15) is 0 Å². The summed E-state index contributed by atoms with van der Waals surface area (Å²) in [5.41, 5.74) is 1.14. The van der Waals surface area contributed by atoms with Crippen molar-refractivity contribution in [2.45, 2.75) is 37.4 Å². The topological polar surface area (TPSA) is 63.7 Å². The van der Waals surface area contributed by atoms with Crippen LogP contribution in [0, 0.1) is 18.3 Å². The minimum absolute atomic E-state index is 0.182. The van der Waals surface area contributed by atoms with Crippen LogP contribution in [0.1, 0.15) is 18.3 Å². The summed E-state index contributed by atoms with van der Waals surface area (Å²) in [5.74, 6) is 1.52. The van der Waals surface area contributed by atoms with Crippen molar-refractivity contribution in [2.24, 2.45) is 0 Å². The first-order chi connectivity index (χ1) is 10.6. The van der Waals surface area contributed by atoms with E-state index >= 15 is 0 Å². The lowest BCUT2D eigenvalue weighted by Gasteiger charge is -2.09. The third-order valence-electron chi connectivity index (χ3n) is 2.93. The van der Waals surface area contributed by atoms with Gasteiger partial charge in [-0.05, 0) is 31.5 Å². The summed E-state index contributed by atoms with van der Waals surface area (Å²) in [6.45, 7) is 8.52. The Morgan fingerprint density at radius 2 is 2.32 bits per heavy atom. The third-order valence-corrected chi connectivity index (χ3v) is 3.90. The molecule has 1 aromatic carbocycles. The Morgan fingerprint density at radius 1 is 1.50 bits per heavy atom. The average molecular weight is 314 g/mol. The van der Waals surface area contributed by atoms with E-state index in [1.807, 2.05) is 42.7 Å². The van der Waals surface area contributed by atoms with Gasteiger partial charge in [-0.25, -0.2) is 0 Å². The molecule has 2 rings (SSSR count). The van der Waals surface area contributed by atoms with Gasteiger partial charge in [0.15, 0.2) is 11.0 Å². The van der Waals surface area contributed by atoms with Crippen molar-refractivity contribution >= 4 is 11.8 Å². The number of ether oxygens (including phenoxy) is 1. The van der Waals surface area contributed by atoms with Crippen molar-refractivity contribution in [2.75, 3.05) is 0 Å². The smallest absolute Gasteiger partial charge is 0.192 e. The normalized spacial score (nSPS) is 11.7. The zero-order valence-electron chi connectivity index (χ0n) is 12.7. The Balaban J connectivity index is 2.13. The van der Waals surface area contributed by atoms with Crippen molar-refractivity contribution in [3.63, 3.8) is 0 Å². The minimum Gasteiger partial charge on any atom is -0.486 e. The van der Waals surface area contributed by atoms with E-state index in [2.05, 4.69) is 22.8 Å². The molecule has 0 unspecified atom stereocenters. The molecule has 1 aromatic heterocycles. The number of aromatic nitrogens is 3. The molecule has 22 heavy (non-hydrogen) atoms. The molecule has 0 N–H and O–H groups in total. The van der Waals surface area contributed by atoms with E-state index in [0.29, 0.717) is 24.1 Å². The van der Waals surface area contributed by atoms with Crippen LogP contribution >= 0.6 is 11.8 Å².